The van der Waals surface area contributed by atoms with Gasteiger partial charge in [-0.3, -0.25) is 0 Å². The highest BCUT2D eigenvalue weighted by atomic mass is 16.5. The predicted octanol–water partition coefficient (Wildman–Crippen LogP) is 1.43. The van der Waals surface area contributed by atoms with Gasteiger partial charge in [0.15, 0.2) is 0 Å². The molecule has 2 saturated heterocycles. The fourth-order valence-corrected chi connectivity index (χ4v) is 2.37. The van der Waals surface area contributed by atoms with Crippen LogP contribution in [0.3, 0.4) is 0 Å². The molecule has 0 aliphatic carbocycles. The van der Waals surface area contributed by atoms with Crippen LogP contribution in [0.15, 0.2) is 0 Å². The second-order valence-corrected chi connectivity index (χ2v) is 4.78. The predicted molar refractivity (Wildman–Crippen MR) is 60.0 cm³/mol. The topological polar surface area (TPSA) is 30.5 Å². The average molecular weight is 213 g/mol. The maximum absolute atomic E-state index is 5.75. The van der Waals surface area contributed by atoms with Crippen molar-refractivity contribution >= 4 is 0 Å². The molecule has 1 unspecified atom stereocenters. The van der Waals surface area contributed by atoms with E-state index in [1.54, 1.807) is 0 Å². The molecule has 0 aromatic rings. The Balaban J connectivity index is 1.47. The Morgan fingerprint density at radius 1 is 1.13 bits per heavy atom. The second kappa shape index (κ2) is 6.46. The van der Waals surface area contributed by atoms with E-state index in [0.29, 0.717) is 0 Å². The molecule has 15 heavy (non-hydrogen) atoms. The lowest BCUT2D eigenvalue weighted by molar-refractivity contribution is 0.0181. The number of hydrogen-bond acceptors (Lipinski definition) is 3. The van der Waals surface area contributed by atoms with Crippen molar-refractivity contribution < 1.29 is 9.47 Å². The largest absolute Gasteiger partial charge is 0.381 e. The highest BCUT2D eigenvalue weighted by molar-refractivity contribution is 4.70. The molecule has 88 valence electrons. The van der Waals surface area contributed by atoms with Crippen molar-refractivity contribution in [3.05, 3.63) is 0 Å². The van der Waals surface area contributed by atoms with E-state index < -0.39 is 0 Å². The number of nitrogens with one attached hydrogen (secondary N) is 1. The van der Waals surface area contributed by atoms with Crippen molar-refractivity contribution in [1.29, 1.82) is 0 Å². The first-order chi connectivity index (χ1) is 7.45. The van der Waals surface area contributed by atoms with Crippen LogP contribution in [0.2, 0.25) is 0 Å². The molecule has 0 saturated carbocycles. The fourth-order valence-electron chi connectivity index (χ4n) is 2.37. The summed E-state index contributed by atoms with van der Waals surface area (Å²) in [5, 5.41) is 3.39. The summed E-state index contributed by atoms with van der Waals surface area (Å²) in [7, 11) is 0. The maximum atomic E-state index is 5.75. The summed E-state index contributed by atoms with van der Waals surface area (Å²) in [6.07, 6.45) is 4.94. The van der Waals surface area contributed by atoms with Crippen LogP contribution in [0.4, 0.5) is 0 Å². The first kappa shape index (κ1) is 11.4. The minimum Gasteiger partial charge on any atom is -0.381 e. The van der Waals surface area contributed by atoms with Gasteiger partial charge in [0.1, 0.15) is 0 Å². The van der Waals surface area contributed by atoms with Crippen molar-refractivity contribution in [1.82, 2.24) is 5.32 Å². The van der Waals surface area contributed by atoms with Gasteiger partial charge in [-0.1, -0.05) is 0 Å². The molecule has 0 aromatic carbocycles. The standard InChI is InChI=1S/C12H23NO2/c1-5-13-9-11(1)2-8-15-10-12-3-6-14-7-4-12/h11-13H,1-10H2. The highest BCUT2D eigenvalue weighted by Gasteiger charge is 2.16. The Bertz CT molecular complexity index is 163. The van der Waals surface area contributed by atoms with Crippen molar-refractivity contribution in [2.45, 2.75) is 25.7 Å². The molecular weight excluding hydrogens is 190 g/mol. The molecule has 0 bridgehead atoms. The van der Waals surface area contributed by atoms with Crippen molar-refractivity contribution in [2.24, 2.45) is 11.8 Å². The third kappa shape index (κ3) is 4.09. The zero-order valence-corrected chi connectivity index (χ0v) is 9.54. The Morgan fingerprint density at radius 3 is 2.73 bits per heavy atom. The van der Waals surface area contributed by atoms with Gasteiger partial charge in [0.2, 0.25) is 0 Å². The van der Waals surface area contributed by atoms with E-state index in [0.717, 1.165) is 38.3 Å². The maximum Gasteiger partial charge on any atom is 0.0495 e. The zero-order chi connectivity index (χ0) is 10.3. The average Bonchev–Trinajstić information content (AvgIpc) is 2.79. The van der Waals surface area contributed by atoms with Crippen LogP contribution in [-0.4, -0.2) is 39.5 Å². The number of hydrogen-bond donors (Lipinski definition) is 1. The van der Waals surface area contributed by atoms with E-state index in [2.05, 4.69) is 5.32 Å². The summed E-state index contributed by atoms with van der Waals surface area (Å²) in [4.78, 5) is 0. The molecule has 0 amide bonds. The molecule has 3 heteroatoms. The van der Waals surface area contributed by atoms with Crippen molar-refractivity contribution in [2.75, 3.05) is 39.5 Å². The Kier molecular flexibility index (Phi) is 4.90. The normalized spacial score (nSPS) is 28.4. The molecule has 0 aromatic heterocycles. The molecule has 2 aliphatic rings. The van der Waals surface area contributed by atoms with Gasteiger partial charge >= 0.3 is 0 Å². The molecular formula is C12H23NO2. The summed E-state index contributed by atoms with van der Waals surface area (Å²) < 4.78 is 11.1. The van der Waals surface area contributed by atoms with Gasteiger partial charge in [0, 0.05) is 26.4 Å². The number of ether oxygens (including phenoxy) is 2. The molecule has 3 nitrogen and oxygen atoms in total. The van der Waals surface area contributed by atoms with Gasteiger partial charge in [0.05, 0.1) is 0 Å². The molecule has 0 radical (unpaired) electrons. The smallest absolute Gasteiger partial charge is 0.0495 e. The van der Waals surface area contributed by atoms with Gasteiger partial charge in [-0.15, -0.1) is 0 Å². The molecule has 1 N–H and O–H groups in total. The lowest BCUT2D eigenvalue weighted by Gasteiger charge is -2.22. The van der Waals surface area contributed by atoms with Crippen molar-refractivity contribution in [3.63, 3.8) is 0 Å². The molecule has 1 atom stereocenters. The van der Waals surface area contributed by atoms with Crippen LogP contribution in [0.1, 0.15) is 25.7 Å². The van der Waals surface area contributed by atoms with E-state index in [9.17, 15) is 0 Å². The monoisotopic (exact) mass is 213 g/mol. The van der Waals surface area contributed by atoms with Crippen LogP contribution < -0.4 is 5.32 Å². The summed E-state index contributed by atoms with van der Waals surface area (Å²) in [5.41, 5.74) is 0. The molecule has 2 rings (SSSR count). The highest BCUT2D eigenvalue weighted by Crippen LogP contribution is 2.16. The molecule has 2 aliphatic heterocycles. The molecule has 0 spiro atoms. The minimum atomic E-state index is 0.750. The summed E-state index contributed by atoms with van der Waals surface area (Å²) in [5.74, 6) is 1.61. The van der Waals surface area contributed by atoms with Gasteiger partial charge in [0.25, 0.3) is 0 Å². The van der Waals surface area contributed by atoms with E-state index >= 15 is 0 Å². The number of rotatable bonds is 5. The van der Waals surface area contributed by atoms with Gasteiger partial charge in [-0.05, 0) is 50.6 Å². The zero-order valence-electron chi connectivity index (χ0n) is 9.54. The first-order valence-electron chi connectivity index (χ1n) is 6.31. The second-order valence-electron chi connectivity index (χ2n) is 4.78. The fraction of sp³-hybridized carbons (Fsp3) is 1.00. The van der Waals surface area contributed by atoms with Crippen LogP contribution >= 0.6 is 0 Å². The van der Waals surface area contributed by atoms with E-state index in [-0.39, 0.29) is 0 Å². The van der Waals surface area contributed by atoms with E-state index in [4.69, 9.17) is 9.47 Å². The third-order valence-electron chi connectivity index (χ3n) is 3.53. The quantitative estimate of drug-likeness (QED) is 0.701. The van der Waals surface area contributed by atoms with Gasteiger partial charge < -0.3 is 14.8 Å². The van der Waals surface area contributed by atoms with Crippen molar-refractivity contribution in [3.8, 4) is 0 Å². The summed E-state index contributed by atoms with van der Waals surface area (Å²) in [6, 6.07) is 0. The summed E-state index contributed by atoms with van der Waals surface area (Å²) in [6.45, 7) is 6.15. The Labute approximate surface area is 92.5 Å². The van der Waals surface area contributed by atoms with Crippen LogP contribution in [0, 0.1) is 11.8 Å². The van der Waals surface area contributed by atoms with Gasteiger partial charge in [-0.25, -0.2) is 0 Å². The summed E-state index contributed by atoms with van der Waals surface area (Å²) >= 11 is 0. The molecule has 2 heterocycles. The Morgan fingerprint density at radius 2 is 2.00 bits per heavy atom. The lowest BCUT2D eigenvalue weighted by atomic mass is 10.0. The van der Waals surface area contributed by atoms with Crippen LogP contribution in [0.5, 0.6) is 0 Å². The molecule has 2 fully saturated rings. The third-order valence-corrected chi connectivity index (χ3v) is 3.53. The first-order valence-corrected chi connectivity index (χ1v) is 6.31. The Hall–Kier alpha value is -0.120. The lowest BCUT2D eigenvalue weighted by Crippen LogP contribution is -2.21. The van der Waals surface area contributed by atoms with Crippen LogP contribution in [-0.2, 0) is 9.47 Å². The van der Waals surface area contributed by atoms with Gasteiger partial charge in [-0.2, -0.15) is 0 Å². The van der Waals surface area contributed by atoms with Crippen LogP contribution in [0.25, 0.3) is 0 Å². The SMILES string of the molecule is C1CC(CCOCC2CCOCC2)CN1. The van der Waals surface area contributed by atoms with E-state index in [1.807, 2.05) is 0 Å². The van der Waals surface area contributed by atoms with E-state index in [1.165, 1.54) is 38.8 Å². The minimum absolute atomic E-state index is 0.750.